The number of guanidine groups is 1. The standard InChI is InChI=1S/C16H24FN3/c1-4-5-13-10-15(13)19-16(18-2)20(3)11-12-6-8-14(17)9-7-12/h6-9,13,15H,4-5,10-11H2,1-3H3,(H,18,19). The highest BCUT2D eigenvalue weighted by Gasteiger charge is 2.36. The summed E-state index contributed by atoms with van der Waals surface area (Å²) in [6.07, 6.45) is 3.78. The molecule has 0 aliphatic heterocycles. The summed E-state index contributed by atoms with van der Waals surface area (Å²) < 4.78 is 12.9. The molecule has 110 valence electrons. The van der Waals surface area contributed by atoms with E-state index in [4.69, 9.17) is 0 Å². The normalized spacial score (nSPS) is 21.7. The van der Waals surface area contributed by atoms with Crippen molar-refractivity contribution in [3.05, 3.63) is 35.6 Å². The van der Waals surface area contributed by atoms with Crippen molar-refractivity contribution in [3.63, 3.8) is 0 Å². The van der Waals surface area contributed by atoms with Crippen molar-refractivity contribution in [2.75, 3.05) is 14.1 Å². The summed E-state index contributed by atoms with van der Waals surface area (Å²) in [5, 5.41) is 3.51. The quantitative estimate of drug-likeness (QED) is 0.662. The molecule has 0 heterocycles. The van der Waals surface area contributed by atoms with E-state index in [2.05, 4.69) is 22.1 Å². The number of aliphatic imine (C=N–C) groups is 1. The first-order valence-corrected chi connectivity index (χ1v) is 7.33. The SMILES string of the molecule is CCCC1CC1NC(=NC)N(C)Cc1ccc(F)cc1. The lowest BCUT2D eigenvalue weighted by Gasteiger charge is -2.22. The predicted molar refractivity (Wildman–Crippen MR) is 81.2 cm³/mol. The van der Waals surface area contributed by atoms with Crippen LogP contribution in [0.2, 0.25) is 0 Å². The van der Waals surface area contributed by atoms with Gasteiger partial charge in [-0.25, -0.2) is 4.39 Å². The van der Waals surface area contributed by atoms with E-state index < -0.39 is 0 Å². The van der Waals surface area contributed by atoms with Gasteiger partial charge >= 0.3 is 0 Å². The molecule has 1 aliphatic carbocycles. The third-order valence-electron chi connectivity index (χ3n) is 3.80. The Hall–Kier alpha value is -1.58. The largest absolute Gasteiger partial charge is 0.353 e. The fraction of sp³-hybridized carbons (Fsp3) is 0.562. The van der Waals surface area contributed by atoms with Crippen LogP contribution in [0.3, 0.4) is 0 Å². The summed E-state index contributed by atoms with van der Waals surface area (Å²) in [5.41, 5.74) is 1.08. The first-order valence-electron chi connectivity index (χ1n) is 7.33. The van der Waals surface area contributed by atoms with E-state index in [1.807, 2.05) is 19.2 Å². The Morgan fingerprint density at radius 1 is 1.40 bits per heavy atom. The molecule has 1 aliphatic rings. The monoisotopic (exact) mass is 277 g/mol. The molecule has 1 saturated carbocycles. The van der Waals surface area contributed by atoms with E-state index in [0.717, 1.165) is 24.0 Å². The fourth-order valence-electron chi connectivity index (χ4n) is 2.56. The first-order chi connectivity index (χ1) is 9.63. The molecule has 1 fully saturated rings. The van der Waals surface area contributed by atoms with Gasteiger partial charge in [0.1, 0.15) is 5.82 Å². The van der Waals surface area contributed by atoms with E-state index in [9.17, 15) is 4.39 Å². The molecule has 1 aromatic rings. The van der Waals surface area contributed by atoms with Gasteiger partial charge in [0.2, 0.25) is 0 Å². The lowest BCUT2D eigenvalue weighted by molar-refractivity contribution is 0.472. The van der Waals surface area contributed by atoms with Gasteiger partial charge in [-0.3, -0.25) is 4.99 Å². The van der Waals surface area contributed by atoms with Crippen molar-refractivity contribution in [2.45, 2.75) is 38.8 Å². The third kappa shape index (κ3) is 3.95. The zero-order valence-corrected chi connectivity index (χ0v) is 12.6. The molecule has 3 nitrogen and oxygen atoms in total. The molecule has 20 heavy (non-hydrogen) atoms. The van der Waals surface area contributed by atoms with Crippen LogP contribution in [0.25, 0.3) is 0 Å². The van der Waals surface area contributed by atoms with E-state index >= 15 is 0 Å². The van der Waals surface area contributed by atoms with Crippen LogP contribution in [0.1, 0.15) is 31.7 Å². The van der Waals surface area contributed by atoms with Crippen molar-refractivity contribution >= 4 is 5.96 Å². The number of hydrogen-bond acceptors (Lipinski definition) is 1. The van der Waals surface area contributed by atoms with Gasteiger partial charge in [-0.1, -0.05) is 25.5 Å². The summed E-state index contributed by atoms with van der Waals surface area (Å²) in [4.78, 5) is 6.41. The van der Waals surface area contributed by atoms with Crippen LogP contribution in [0.15, 0.2) is 29.3 Å². The molecule has 0 bridgehead atoms. The summed E-state index contributed by atoms with van der Waals surface area (Å²) in [6, 6.07) is 7.20. The third-order valence-corrected chi connectivity index (χ3v) is 3.80. The van der Waals surface area contributed by atoms with Gasteiger partial charge in [0.25, 0.3) is 0 Å². The highest BCUT2D eigenvalue weighted by molar-refractivity contribution is 5.80. The van der Waals surface area contributed by atoms with Crippen molar-refractivity contribution in [1.29, 1.82) is 0 Å². The average Bonchev–Trinajstić information content (AvgIpc) is 3.17. The Labute approximate surface area is 120 Å². The van der Waals surface area contributed by atoms with Gasteiger partial charge in [-0.15, -0.1) is 0 Å². The Morgan fingerprint density at radius 3 is 2.70 bits per heavy atom. The van der Waals surface area contributed by atoms with Crippen LogP contribution in [0.4, 0.5) is 4.39 Å². The van der Waals surface area contributed by atoms with Crippen molar-refractivity contribution in [3.8, 4) is 0 Å². The molecule has 0 aromatic heterocycles. The number of halogens is 1. The van der Waals surface area contributed by atoms with Crippen molar-refractivity contribution < 1.29 is 4.39 Å². The van der Waals surface area contributed by atoms with Crippen LogP contribution in [-0.4, -0.2) is 31.0 Å². The molecule has 0 amide bonds. The van der Waals surface area contributed by atoms with Gasteiger partial charge < -0.3 is 10.2 Å². The maximum Gasteiger partial charge on any atom is 0.193 e. The molecule has 0 spiro atoms. The second-order valence-electron chi connectivity index (χ2n) is 5.57. The number of benzene rings is 1. The van der Waals surface area contributed by atoms with Gasteiger partial charge in [0.15, 0.2) is 5.96 Å². The van der Waals surface area contributed by atoms with Gasteiger partial charge in [0, 0.05) is 26.7 Å². The maximum absolute atomic E-state index is 12.9. The van der Waals surface area contributed by atoms with Crippen LogP contribution >= 0.6 is 0 Å². The van der Waals surface area contributed by atoms with Crippen molar-refractivity contribution in [2.24, 2.45) is 10.9 Å². The van der Waals surface area contributed by atoms with E-state index in [-0.39, 0.29) is 5.82 Å². The molecular weight excluding hydrogens is 253 g/mol. The first kappa shape index (κ1) is 14.8. The minimum atomic E-state index is -0.195. The van der Waals surface area contributed by atoms with Crippen LogP contribution < -0.4 is 5.32 Å². The molecular formula is C16H24FN3. The lowest BCUT2D eigenvalue weighted by Crippen LogP contribution is -2.40. The summed E-state index contributed by atoms with van der Waals surface area (Å²) >= 11 is 0. The van der Waals surface area contributed by atoms with E-state index in [1.54, 1.807) is 7.05 Å². The molecule has 1 N–H and O–H groups in total. The molecule has 0 saturated heterocycles. The number of rotatable bonds is 5. The highest BCUT2D eigenvalue weighted by atomic mass is 19.1. The van der Waals surface area contributed by atoms with Gasteiger partial charge in [-0.05, 0) is 36.5 Å². The van der Waals surface area contributed by atoms with E-state index in [0.29, 0.717) is 6.04 Å². The number of nitrogens with zero attached hydrogens (tertiary/aromatic N) is 2. The van der Waals surface area contributed by atoms with E-state index in [1.165, 1.54) is 31.4 Å². The minimum Gasteiger partial charge on any atom is -0.353 e. The highest BCUT2D eigenvalue weighted by Crippen LogP contribution is 2.34. The minimum absolute atomic E-state index is 0.195. The number of nitrogens with one attached hydrogen (secondary N) is 1. The molecule has 0 radical (unpaired) electrons. The molecule has 2 rings (SSSR count). The Balaban J connectivity index is 1.86. The Morgan fingerprint density at radius 2 is 2.10 bits per heavy atom. The summed E-state index contributed by atoms with van der Waals surface area (Å²) in [6.45, 7) is 2.95. The topological polar surface area (TPSA) is 27.6 Å². The summed E-state index contributed by atoms with van der Waals surface area (Å²) in [5.74, 6) is 1.52. The second-order valence-corrected chi connectivity index (χ2v) is 5.57. The lowest BCUT2D eigenvalue weighted by atomic mass is 10.2. The molecule has 4 heteroatoms. The van der Waals surface area contributed by atoms with Crippen molar-refractivity contribution in [1.82, 2.24) is 10.2 Å². The maximum atomic E-state index is 12.9. The van der Waals surface area contributed by atoms with Crippen LogP contribution in [0.5, 0.6) is 0 Å². The molecule has 1 aromatic carbocycles. The predicted octanol–water partition coefficient (Wildman–Crippen LogP) is 3.02. The smallest absolute Gasteiger partial charge is 0.193 e. The van der Waals surface area contributed by atoms with Crippen LogP contribution in [0, 0.1) is 11.7 Å². The zero-order valence-electron chi connectivity index (χ0n) is 12.6. The number of hydrogen-bond donors (Lipinski definition) is 1. The van der Waals surface area contributed by atoms with Gasteiger partial charge in [0.05, 0.1) is 0 Å². The Kier molecular flexibility index (Phi) is 4.99. The average molecular weight is 277 g/mol. The second kappa shape index (κ2) is 6.73. The van der Waals surface area contributed by atoms with Crippen LogP contribution in [-0.2, 0) is 6.54 Å². The Bertz CT molecular complexity index is 455. The van der Waals surface area contributed by atoms with Gasteiger partial charge in [-0.2, -0.15) is 0 Å². The molecule has 2 atom stereocenters. The molecule has 2 unspecified atom stereocenters. The fourth-order valence-corrected chi connectivity index (χ4v) is 2.56. The summed E-state index contributed by atoms with van der Waals surface area (Å²) in [7, 11) is 3.82. The zero-order chi connectivity index (χ0) is 14.5.